The zero-order chi connectivity index (χ0) is 17.2. The molecule has 0 aliphatic heterocycles. The number of hydrogen-bond acceptors (Lipinski definition) is 5. The second kappa shape index (κ2) is 10.1. The molecule has 0 spiro atoms. The van der Waals surface area contributed by atoms with Gasteiger partial charge < -0.3 is 18.9 Å². The van der Waals surface area contributed by atoms with E-state index in [1.54, 1.807) is 18.2 Å². The summed E-state index contributed by atoms with van der Waals surface area (Å²) in [4.78, 5) is 10.7. The van der Waals surface area contributed by atoms with Gasteiger partial charge in [0.25, 0.3) is 0 Å². The quantitative estimate of drug-likeness (QED) is 0.320. The van der Waals surface area contributed by atoms with Crippen LogP contribution in [-0.2, 0) is 4.74 Å². The molecule has 0 bridgehead atoms. The average molecular weight is 442 g/mol. The van der Waals surface area contributed by atoms with Gasteiger partial charge in [-0.25, -0.2) is 0 Å². The molecule has 0 amide bonds. The normalized spacial score (nSPS) is 10.2. The summed E-state index contributed by atoms with van der Waals surface area (Å²) in [7, 11) is 1.54. The summed E-state index contributed by atoms with van der Waals surface area (Å²) in [6, 6.07) is 12.9. The Balaban J connectivity index is 1.63. The number of benzene rings is 2. The van der Waals surface area contributed by atoms with Gasteiger partial charge in [-0.1, -0.05) is 0 Å². The molecule has 0 saturated heterocycles. The van der Waals surface area contributed by atoms with Crippen molar-refractivity contribution in [1.82, 2.24) is 0 Å². The van der Waals surface area contributed by atoms with Gasteiger partial charge >= 0.3 is 0 Å². The molecule has 0 unspecified atom stereocenters. The molecule has 2 aromatic rings. The summed E-state index contributed by atoms with van der Waals surface area (Å²) >= 11 is 2.25. The Morgan fingerprint density at radius 1 is 0.917 bits per heavy atom. The van der Waals surface area contributed by atoms with E-state index < -0.39 is 0 Å². The highest BCUT2D eigenvalue weighted by Gasteiger charge is 2.05. The average Bonchev–Trinajstić information content (AvgIpc) is 2.62. The lowest BCUT2D eigenvalue weighted by atomic mass is 10.2. The highest BCUT2D eigenvalue weighted by atomic mass is 127. The third-order valence-corrected chi connectivity index (χ3v) is 3.84. The molecular formula is C18H19IO5. The maximum absolute atomic E-state index is 10.7. The van der Waals surface area contributed by atoms with Crippen LogP contribution >= 0.6 is 22.6 Å². The predicted octanol–water partition coefficient (Wildman–Crippen LogP) is 3.59. The van der Waals surface area contributed by atoms with Crippen molar-refractivity contribution in [2.75, 3.05) is 33.5 Å². The first-order valence-corrected chi connectivity index (χ1v) is 8.53. The van der Waals surface area contributed by atoms with Crippen molar-refractivity contribution in [2.45, 2.75) is 0 Å². The van der Waals surface area contributed by atoms with Crippen molar-refractivity contribution in [3.63, 3.8) is 0 Å². The monoisotopic (exact) mass is 442 g/mol. The van der Waals surface area contributed by atoms with Crippen molar-refractivity contribution >= 4 is 28.9 Å². The Labute approximate surface area is 155 Å². The molecule has 0 aliphatic carbocycles. The van der Waals surface area contributed by atoms with Crippen LogP contribution in [0.1, 0.15) is 10.4 Å². The lowest BCUT2D eigenvalue weighted by Gasteiger charge is -2.11. The lowest BCUT2D eigenvalue weighted by molar-refractivity contribution is 0.0757. The molecular weight excluding hydrogens is 423 g/mol. The highest BCUT2D eigenvalue weighted by molar-refractivity contribution is 14.1. The first-order chi connectivity index (χ1) is 11.7. The SMILES string of the molecule is COc1cc(C=O)ccc1OCCOCCOc1ccc(I)cc1. The van der Waals surface area contributed by atoms with E-state index in [-0.39, 0.29) is 0 Å². The van der Waals surface area contributed by atoms with Crippen molar-refractivity contribution in [3.05, 3.63) is 51.6 Å². The number of aldehydes is 1. The standard InChI is InChI=1S/C18H19IO5/c1-21-18-12-14(13-20)2-7-17(18)24-11-9-22-8-10-23-16-5-3-15(19)4-6-16/h2-7,12-13H,8-11H2,1H3. The van der Waals surface area contributed by atoms with Gasteiger partial charge in [-0.15, -0.1) is 0 Å². The molecule has 0 atom stereocenters. The van der Waals surface area contributed by atoms with Crippen LogP contribution in [0.5, 0.6) is 17.2 Å². The number of ether oxygens (including phenoxy) is 4. The van der Waals surface area contributed by atoms with Crippen molar-refractivity contribution < 1.29 is 23.7 Å². The van der Waals surface area contributed by atoms with E-state index in [0.717, 1.165) is 12.0 Å². The number of carbonyl (C=O) groups is 1. The summed E-state index contributed by atoms with van der Waals surface area (Å²) in [5.41, 5.74) is 0.545. The molecule has 0 saturated carbocycles. The molecule has 0 heterocycles. The van der Waals surface area contributed by atoms with E-state index in [9.17, 15) is 4.79 Å². The molecule has 0 radical (unpaired) electrons. The minimum atomic E-state index is 0.389. The summed E-state index contributed by atoms with van der Waals surface area (Å²) in [5.74, 6) is 1.94. The first kappa shape index (κ1) is 18.5. The van der Waals surface area contributed by atoms with E-state index in [4.69, 9.17) is 18.9 Å². The highest BCUT2D eigenvalue weighted by Crippen LogP contribution is 2.27. The first-order valence-electron chi connectivity index (χ1n) is 7.45. The minimum absolute atomic E-state index is 0.389. The van der Waals surface area contributed by atoms with Gasteiger partial charge in [0.1, 0.15) is 25.2 Å². The Kier molecular flexibility index (Phi) is 7.84. The molecule has 128 valence electrons. The summed E-state index contributed by atoms with van der Waals surface area (Å²) in [6.07, 6.45) is 0.767. The number of hydrogen-bond donors (Lipinski definition) is 0. The van der Waals surface area contributed by atoms with Gasteiger partial charge in [-0.2, -0.15) is 0 Å². The number of rotatable bonds is 10. The smallest absolute Gasteiger partial charge is 0.161 e. The maximum atomic E-state index is 10.7. The van der Waals surface area contributed by atoms with Crippen LogP contribution in [-0.4, -0.2) is 39.8 Å². The second-order valence-electron chi connectivity index (χ2n) is 4.79. The molecule has 5 nitrogen and oxygen atoms in total. The Morgan fingerprint density at radius 3 is 2.29 bits per heavy atom. The fraction of sp³-hybridized carbons (Fsp3) is 0.278. The van der Waals surface area contributed by atoms with Crippen LogP contribution in [0, 0.1) is 3.57 Å². The van der Waals surface area contributed by atoms with Gasteiger partial charge in [0, 0.05) is 9.13 Å². The fourth-order valence-electron chi connectivity index (χ4n) is 1.94. The van der Waals surface area contributed by atoms with Gasteiger partial charge in [0.15, 0.2) is 11.5 Å². The van der Waals surface area contributed by atoms with Crippen LogP contribution in [0.4, 0.5) is 0 Å². The van der Waals surface area contributed by atoms with E-state index >= 15 is 0 Å². The van der Waals surface area contributed by atoms with Crippen molar-refractivity contribution in [1.29, 1.82) is 0 Å². The van der Waals surface area contributed by atoms with E-state index in [1.807, 2.05) is 24.3 Å². The van der Waals surface area contributed by atoms with Crippen LogP contribution in [0.25, 0.3) is 0 Å². The van der Waals surface area contributed by atoms with Crippen LogP contribution in [0.3, 0.4) is 0 Å². The summed E-state index contributed by atoms with van der Waals surface area (Å²) in [5, 5.41) is 0. The minimum Gasteiger partial charge on any atom is -0.493 e. The molecule has 0 N–H and O–H groups in total. The maximum Gasteiger partial charge on any atom is 0.161 e. The summed E-state index contributed by atoms with van der Waals surface area (Å²) in [6.45, 7) is 1.80. The lowest BCUT2D eigenvalue weighted by Crippen LogP contribution is -2.12. The van der Waals surface area contributed by atoms with Gasteiger partial charge in [0.05, 0.1) is 20.3 Å². The molecule has 24 heavy (non-hydrogen) atoms. The number of halogens is 1. The van der Waals surface area contributed by atoms with Gasteiger partial charge in [-0.3, -0.25) is 4.79 Å². The van der Waals surface area contributed by atoms with Crippen molar-refractivity contribution in [3.8, 4) is 17.2 Å². The van der Waals surface area contributed by atoms with E-state index in [2.05, 4.69) is 22.6 Å². The van der Waals surface area contributed by atoms with E-state index in [1.165, 1.54) is 10.7 Å². The Morgan fingerprint density at radius 2 is 1.62 bits per heavy atom. The van der Waals surface area contributed by atoms with E-state index in [0.29, 0.717) is 43.5 Å². The zero-order valence-electron chi connectivity index (χ0n) is 13.4. The van der Waals surface area contributed by atoms with Crippen LogP contribution in [0.2, 0.25) is 0 Å². The number of methoxy groups -OCH3 is 1. The Hall–Kier alpha value is -1.80. The van der Waals surface area contributed by atoms with Crippen molar-refractivity contribution in [2.24, 2.45) is 0 Å². The molecule has 0 aromatic heterocycles. The Bertz CT molecular complexity index is 642. The predicted molar refractivity (Wildman–Crippen MR) is 99.3 cm³/mol. The van der Waals surface area contributed by atoms with Gasteiger partial charge in [0.2, 0.25) is 0 Å². The van der Waals surface area contributed by atoms with Gasteiger partial charge in [-0.05, 0) is 65.1 Å². The second-order valence-corrected chi connectivity index (χ2v) is 6.04. The summed E-state index contributed by atoms with van der Waals surface area (Å²) < 4.78 is 23.0. The largest absolute Gasteiger partial charge is 0.493 e. The molecule has 2 rings (SSSR count). The third-order valence-electron chi connectivity index (χ3n) is 3.12. The van der Waals surface area contributed by atoms with Crippen LogP contribution in [0.15, 0.2) is 42.5 Å². The topological polar surface area (TPSA) is 54.0 Å². The third kappa shape index (κ3) is 6.01. The molecule has 0 fully saturated rings. The van der Waals surface area contributed by atoms with Crippen LogP contribution < -0.4 is 14.2 Å². The fourth-order valence-corrected chi connectivity index (χ4v) is 2.30. The molecule has 6 heteroatoms. The molecule has 0 aliphatic rings. The zero-order valence-corrected chi connectivity index (χ0v) is 15.5. The number of carbonyl (C=O) groups excluding carboxylic acids is 1. The molecule has 2 aromatic carbocycles.